The second-order valence-corrected chi connectivity index (χ2v) is 8.74. The van der Waals surface area contributed by atoms with Crippen LogP contribution in [-0.2, 0) is 29.0 Å². The zero-order valence-electron chi connectivity index (χ0n) is 17.0. The molecule has 0 fully saturated rings. The molecule has 4 rings (SSSR count). The summed E-state index contributed by atoms with van der Waals surface area (Å²) in [6.45, 7) is 0.954. The van der Waals surface area contributed by atoms with Crippen LogP contribution in [0.1, 0.15) is 27.3 Å². The lowest BCUT2D eigenvalue weighted by Gasteiger charge is -2.27. The van der Waals surface area contributed by atoms with Crippen molar-refractivity contribution in [2.45, 2.75) is 19.4 Å². The van der Waals surface area contributed by atoms with E-state index in [-0.39, 0.29) is 18.2 Å². The van der Waals surface area contributed by atoms with E-state index in [9.17, 15) is 14.9 Å². The van der Waals surface area contributed by atoms with Crippen LogP contribution in [-0.4, -0.2) is 28.2 Å². The third kappa shape index (κ3) is 4.88. The number of halogens is 1. The Bertz CT molecular complexity index is 1230. The van der Waals surface area contributed by atoms with Crippen LogP contribution in [0.15, 0.2) is 54.7 Å². The Morgan fingerprint density at radius 1 is 1.25 bits per heavy atom. The normalized spacial score (nSPS) is 12.9. The highest BCUT2D eigenvalue weighted by atomic mass is 35.5. The van der Waals surface area contributed by atoms with Crippen molar-refractivity contribution in [1.29, 1.82) is 5.26 Å². The first-order valence-corrected chi connectivity index (χ1v) is 11.2. The highest BCUT2D eigenvalue weighted by Crippen LogP contribution is 2.36. The number of thiophene rings is 1. The van der Waals surface area contributed by atoms with Gasteiger partial charge in [-0.3, -0.25) is 14.6 Å². The van der Waals surface area contributed by atoms with Crippen molar-refractivity contribution in [1.82, 2.24) is 9.88 Å². The first-order chi connectivity index (χ1) is 15.5. The Kier molecular flexibility index (Phi) is 6.64. The Morgan fingerprint density at radius 3 is 2.81 bits per heavy atom. The van der Waals surface area contributed by atoms with Gasteiger partial charge in [-0.1, -0.05) is 35.9 Å². The van der Waals surface area contributed by atoms with Crippen molar-refractivity contribution in [3.63, 3.8) is 0 Å². The predicted octanol–water partition coefficient (Wildman–Crippen LogP) is 4.45. The van der Waals surface area contributed by atoms with Gasteiger partial charge >= 0.3 is 0 Å². The molecule has 1 aromatic carbocycles. The number of carbonyl (C=O) groups excluding carboxylic acids is 2. The monoisotopic (exact) mass is 462 g/mol. The molecule has 6 nitrogen and oxygen atoms in total. The number of nitriles is 1. The topological polar surface area (TPSA) is 86.1 Å². The minimum atomic E-state index is -0.344. The lowest BCUT2D eigenvalue weighted by atomic mass is 10.0. The van der Waals surface area contributed by atoms with Crippen molar-refractivity contribution in [3.05, 3.63) is 87.0 Å². The highest BCUT2D eigenvalue weighted by Gasteiger charge is 2.27. The fourth-order valence-corrected chi connectivity index (χ4v) is 4.94. The number of fused-ring (bicyclic) bond motifs is 1. The first-order valence-electron chi connectivity index (χ1n) is 10.0. The van der Waals surface area contributed by atoms with Crippen molar-refractivity contribution >= 4 is 45.8 Å². The minimum absolute atomic E-state index is 0.00508. The van der Waals surface area contributed by atoms with E-state index < -0.39 is 0 Å². The molecular formula is C24H19ClN4O2S. The van der Waals surface area contributed by atoms with Gasteiger partial charge in [-0.15, -0.1) is 11.3 Å². The van der Waals surface area contributed by atoms with E-state index in [0.29, 0.717) is 35.1 Å². The van der Waals surface area contributed by atoms with Crippen molar-refractivity contribution in [3.8, 4) is 6.07 Å². The Hall–Kier alpha value is -3.47. The summed E-state index contributed by atoms with van der Waals surface area (Å²) in [7, 11) is 0. The van der Waals surface area contributed by atoms with Crippen LogP contribution < -0.4 is 5.32 Å². The molecule has 0 radical (unpaired) electrons. The molecule has 0 saturated heterocycles. The molecule has 2 amide bonds. The summed E-state index contributed by atoms with van der Waals surface area (Å²) >= 11 is 7.46. The second kappa shape index (κ2) is 9.77. The molecular weight excluding hydrogens is 444 g/mol. The number of pyridine rings is 1. The van der Waals surface area contributed by atoms with Gasteiger partial charge in [0.15, 0.2) is 0 Å². The lowest BCUT2D eigenvalue weighted by Crippen LogP contribution is -2.36. The molecule has 32 heavy (non-hydrogen) atoms. The summed E-state index contributed by atoms with van der Waals surface area (Å²) in [5.41, 5.74) is 2.84. The van der Waals surface area contributed by atoms with Crippen LogP contribution in [0.25, 0.3) is 6.08 Å². The van der Waals surface area contributed by atoms with Gasteiger partial charge in [-0.2, -0.15) is 5.26 Å². The number of benzene rings is 1. The summed E-state index contributed by atoms with van der Waals surface area (Å²) < 4.78 is 0. The van der Waals surface area contributed by atoms with Crippen LogP contribution in [0.3, 0.4) is 0 Å². The predicted molar refractivity (Wildman–Crippen MR) is 125 cm³/mol. The van der Waals surface area contributed by atoms with Gasteiger partial charge in [0.05, 0.1) is 18.5 Å². The van der Waals surface area contributed by atoms with Crippen LogP contribution in [0.5, 0.6) is 0 Å². The van der Waals surface area contributed by atoms with E-state index in [0.717, 1.165) is 21.7 Å². The molecule has 0 bridgehead atoms. The third-order valence-corrected chi connectivity index (χ3v) is 6.61. The molecule has 0 aliphatic carbocycles. The maximum Gasteiger partial charge on any atom is 0.249 e. The number of rotatable bonds is 5. The van der Waals surface area contributed by atoms with Crippen molar-refractivity contribution < 1.29 is 9.59 Å². The number of amides is 2. The van der Waals surface area contributed by atoms with Gasteiger partial charge in [-0.05, 0) is 41.8 Å². The fraction of sp³-hybridized carbons (Fsp3) is 0.167. The number of carbonyl (C=O) groups is 2. The van der Waals surface area contributed by atoms with E-state index in [2.05, 4.69) is 16.4 Å². The first kappa shape index (κ1) is 21.8. The molecule has 0 spiro atoms. The van der Waals surface area contributed by atoms with Gasteiger partial charge < -0.3 is 10.2 Å². The van der Waals surface area contributed by atoms with E-state index in [1.165, 1.54) is 17.4 Å². The standard InChI is InChI=1S/C24H19ClN4O2S/c25-20-7-2-1-5-16(20)8-9-22(30)28-24-19(14-26)18-10-12-29(15-21(18)32-24)23(31)13-17-6-3-4-11-27-17/h1-9,11H,10,12-13,15H2,(H,28,30). The van der Waals surface area contributed by atoms with Gasteiger partial charge in [0.25, 0.3) is 0 Å². The molecule has 1 aliphatic heterocycles. The Labute approximate surface area is 194 Å². The number of hydrogen-bond acceptors (Lipinski definition) is 5. The molecule has 2 aromatic heterocycles. The number of hydrogen-bond donors (Lipinski definition) is 1. The average Bonchev–Trinajstić information content (AvgIpc) is 3.15. The number of aromatic nitrogens is 1. The molecule has 1 N–H and O–H groups in total. The fourth-order valence-electron chi connectivity index (χ4n) is 3.52. The van der Waals surface area contributed by atoms with Gasteiger partial charge in [0, 0.05) is 34.4 Å². The van der Waals surface area contributed by atoms with E-state index >= 15 is 0 Å². The molecule has 1 aliphatic rings. The Morgan fingerprint density at radius 2 is 2.06 bits per heavy atom. The van der Waals surface area contributed by atoms with Crippen LogP contribution in [0.2, 0.25) is 5.02 Å². The smallest absolute Gasteiger partial charge is 0.249 e. The minimum Gasteiger partial charge on any atom is -0.337 e. The van der Waals surface area contributed by atoms with E-state index in [1.54, 1.807) is 23.2 Å². The maximum absolute atomic E-state index is 12.7. The Balaban J connectivity index is 1.46. The van der Waals surface area contributed by atoms with Crippen molar-refractivity contribution in [2.24, 2.45) is 0 Å². The molecule has 3 aromatic rings. The summed E-state index contributed by atoms with van der Waals surface area (Å²) in [5, 5.41) is 13.5. The molecule has 0 atom stereocenters. The number of nitrogens with one attached hydrogen (secondary N) is 1. The van der Waals surface area contributed by atoms with Crippen molar-refractivity contribution in [2.75, 3.05) is 11.9 Å². The third-order valence-electron chi connectivity index (χ3n) is 5.14. The number of nitrogens with zero attached hydrogens (tertiary/aromatic N) is 3. The van der Waals surface area contributed by atoms with Gasteiger partial charge in [-0.25, -0.2) is 0 Å². The average molecular weight is 463 g/mol. The summed E-state index contributed by atoms with van der Waals surface area (Å²) in [5.74, 6) is -0.349. The van der Waals surface area contributed by atoms with Crippen LogP contribution >= 0.6 is 22.9 Å². The molecule has 160 valence electrons. The summed E-state index contributed by atoms with van der Waals surface area (Å²) in [6, 6.07) is 14.9. The highest BCUT2D eigenvalue weighted by molar-refractivity contribution is 7.16. The molecule has 0 unspecified atom stereocenters. The van der Waals surface area contributed by atoms with Crippen LogP contribution in [0.4, 0.5) is 5.00 Å². The largest absolute Gasteiger partial charge is 0.337 e. The van der Waals surface area contributed by atoms with E-state index in [4.69, 9.17) is 11.6 Å². The maximum atomic E-state index is 12.7. The second-order valence-electron chi connectivity index (χ2n) is 7.23. The summed E-state index contributed by atoms with van der Waals surface area (Å²) in [6.07, 6.45) is 5.51. The molecule has 0 saturated carbocycles. The zero-order valence-corrected chi connectivity index (χ0v) is 18.6. The number of anilines is 1. The van der Waals surface area contributed by atoms with Gasteiger partial charge in [0.1, 0.15) is 11.1 Å². The molecule has 8 heteroatoms. The molecule has 3 heterocycles. The quantitative estimate of drug-likeness (QED) is 0.567. The lowest BCUT2D eigenvalue weighted by molar-refractivity contribution is -0.131. The van der Waals surface area contributed by atoms with Crippen LogP contribution in [0, 0.1) is 11.3 Å². The zero-order chi connectivity index (χ0) is 22.5. The van der Waals surface area contributed by atoms with E-state index in [1.807, 2.05) is 36.4 Å². The SMILES string of the molecule is N#Cc1c(NC(=O)C=Cc2ccccc2Cl)sc2c1CCN(C(=O)Cc1ccccn1)C2. The van der Waals surface area contributed by atoms with Gasteiger partial charge in [0.2, 0.25) is 11.8 Å². The summed E-state index contributed by atoms with van der Waals surface area (Å²) in [4.78, 5) is 32.1.